The van der Waals surface area contributed by atoms with Crippen LogP contribution in [0.1, 0.15) is 15.9 Å². The summed E-state index contributed by atoms with van der Waals surface area (Å²) in [6.45, 7) is 1.99. The second kappa shape index (κ2) is 5.99. The SMILES string of the molecule is Cc1ccc(-c2nonc2NC(=O)c2ccc(Cl)cc2)cc1. The van der Waals surface area contributed by atoms with Crippen molar-refractivity contribution in [2.75, 3.05) is 5.32 Å². The summed E-state index contributed by atoms with van der Waals surface area (Å²) in [6.07, 6.45) is 0. The predicted octanol–water partition coefficient (Wildman–Crippen LogP) is 3.95. The van der Waals surface area contributed by atoms with Gasteiger partial charge in [0, 0.05) is 16.1 Å². The number of benzene rings is 2. The van der Waals surface area contributed by atoms with E-state index in [0.29, 0.717) is 16.3 Å². The number of carbonyl (C=O) groups excluding carboxylic acids is 1. The molecule has 3 rings (SSSR count). The quantitative estimate of drug-likeness (QED) is 0.795. The van der Waals surface area contributed by atoms with Gasteiger partial charge in [-0.15, -0.1) is 0 Å². The molecule has 0 aliphatic carbocycles. The number of halogens is 1. The van der Waals surface area contributed by atoms with Crippen LogP contribution in [0.2, 0.25) is 5.02 Å². The molecule has 0 saturated carbocycles. The number of hydrogen-bond donors (Lipinski definition) is 1. The number of rotatable bonds is 3. The van der Waals surface area contributed by atoms with E-state index in [2.05, 4.69) is 15.6 Å². The van der Waals surface area contributed by atoms with Crippen LogP contribution < -0.4 is 5.32 Å². The third kappa shape index (κ3) is 2.99. The van der Waals surface area contributed by atoms with E-state index >= 15 is 0 Å². The first-order valence-corrected chi connectivity index (χ1v) is 6.98. The maximum atomic E-state index is 12.2. The minimum absolute atomic E-state index is 0.281. The summed E-state index contributed by atoms with van der Waals surface area (Å²) in [5, 5.41) is 10.9. The molecule has 0 saturated heterocycles. The van der Waals surface area contributed by atoms with Gasteiger partial charge in [0.15, 0.2) is 5.69 Å². The van der Waals surface area contributed by atoms with E-state index in [-0.39, 0.29) is 11.7 Å². The summed E-state index contributed by atoms with van der Waals surface area (Å²) in [7, 11) is 0. The Morgan fingerprint density at radius 3 is 2.41 bits per heavy atom. The number of anilines is 1. The molecule has 1 amide bonds. The molecule has 5 nitrogen and oxygen atoms in total. The molecule has 0 bridgehead atoms. The maximum Gasteiger partial charge on any atom is 0.256 e. The van der Waals surface area contributed by atoms with Crippen molar-refractivity contribution in [2.45, 2.75) is 6.92 Å². The molecule has 110 valence electrons. The van der Waals surface area contributed by atoms with E-state index in [0.717, 1.165) is 11.1 Å². The highest BCUT2D eigenvalue weighted by Crippen LogP contribution is 2.25. The number of aromatic nitrogens is 2. The normalized spacial score (nSPS) is 10.5. The number of nitrogens with zero attached hydrogens (tertiary/aromatic N) is 2. The number of amides is 1. The molecule has 0 spiro atoms. The van der Waals surface area contributed by atoms with E-state index in [1.165, 1.54) is 0 Å². The van der Waals surface area contributed by atoms with Gasteiger partial charge in [-0.2, -0.15) is 0 Å². The maximum absolute atomic E-state index is 12.2. The molecule has 0 radical (unpaired) electrons. The van der Waals surface area contributed by atoms with Crippen LogP contribution in [0.5, 0.6) is 0 Å². The predicted molar refractivity (Wildman–Crippen MR) is 83.9 cm³/mol. The Hall–Kier alpha value is -2.66. The van der Waals surface area contributed by atoms with Crippen molar-refractivity contribution in [2.24, 2.45) is 0 Å². The first kappa shape index (κ1) is 14.3. The Labute approximate surface area is 131 Å². The van der Waals surface area contributed by atoms with Crippen molar-refractivity contribution in [1.82, 2.24) is 10.3 Å². The molecule has 0 aliphatic heterocycles. The minimum atomic E-state index is -0.305. The molecule has 3 aromatic rings. The smallest absolute Gasteiger partial charge is 0.256 e. The fraction of sp³-hybridized carbons (Fsp3) is 0.0625. The van der Waals surface area contributed by atoms with E-state index in [9.17, 15) is 4.79 Å². The van der Waals surface area contributed by atoms with Gasteiger partial charge in [-0.05, 0) is 41.5 Å². The topological polar surface area (TPSA) is 68.0 Å². The third-order valence-corrected chi connectivity index (χ3v) is 3.40. The van der Waals surface area contributed by atoms with Crippen LogP contribution in [0, 0.1) is 6.92 Å². The Kier molecular flexibility index (Phi) is 3.89. The lowest BCUT2D eigenvalue weighted by atomic mass is 10.1. The van der Waals surface area contributed by atoms with Gasteiger partial charge in [-0.1, -0.05) is 41.4 Å². The Morgan fingerprint density at radius 1 is 1.05 bits per heavy atom. The van der Waals surface area contributed by atoms with Gasteiger partial charge in [-0.25, -0.2) is 4.63 Å². The largest absolute Gasteiger partial charge is 0.302 e. The van der Waals surface area contributed by atoms with Crippen LogP contribution in [0.15, 0.2) is 53.2 Å². The standard InChI is InChI=1S/C16H12ClN3O2/c1-10-2-4-11(5-3-10)14-15(20-22-19-14)18-16(21)12-6-8-13(17)9-7-12/h2-9H,1H3,(H,18,20,21). The zero-order valence-corrected chi connectivity index (χ0v) is 12.5. The van der Waals surface area contributed by atoms with Crippen molar-refractivity contribution >= 4 is 23.3 Å². The average molecular weight is 314 g/mol. The number of nitrogens with one attached hydrogen (secondary N) is 1. The zero-order valence-electron chi connectivity index (χ0n) is 11.7. The van der Waals surface area contributed by atoms with Gasteiger partial charge in [-0.3, -0.25) is 4.79 Å². The average Bonchev–Trinajstić information content (AvgIpc) is 2.97. The highest BCUT2D eigenvalue weighted by atomic mass is 35.5. The monoisotopic (exact) mass is 313 g/mol. The zero-order chi connectivity index (χ0) is 15.5. The molecular weight excluding hydrogens is 302 g/mol. The van der Waals surface area contributed by atoms with Crippen molar-refractivity contribution in [3.8, 4) is 11.3 Å². The van der Waals surface area contributed by atoms with Crippen LogP contribution in [0.4, 0.5) is 5.82 Å². The van der Waals surface area contributed by atoms with Crippen molar-refractivity contribution in [3.05, 3.63) is 64.7 Å². The first-order chi connectivity index (χ1) is 10.6. The molecule has 6 heteroatoms. The highest BCUT2D eigenvalue weighted by molar-refractivity contribution is 6.30. The van der Waals surface area contributed by atoms with Crippen molar-refractivity contribution < 1.29 is 9.42 Å². The molecule has 1 heterocycles. The van der Waals surface area contributed by atoms with Crippen molar-refractivity contribution in [1.29, 1.82) is 0 Å². The summed E-state index contributed by atoms with van der Waals surface area (Å²) < 4.78 is 4.75. The first-order valence-electron chi connectivity index (χ1n) is 6.60. The lowest BCUT2D eigenvalue weighted by Gasteiger charge is -2.03. The van der Waals surface area contributed by atoms with Crippen LogP contribution in [-0.4, -0.2) is 16.2 Å². The van der Waals surface area contributed by atoms with Gasteiger partial charge in [0.2, 0.25) is 5.82 Å². The number of carbonyl (C=O) groups is 1. The van der Waals surface area contributed by atoms with Crippen LogP contribution in [0.3, 0.4) is 0 Å². The summed E-state index contributed by atoms with van der Waals surface area (Å²) in [4.78, 5) is 12.2. The van der Waals surface area contributed by atoms with E-state index in [4.69, 9.17) is 16.2 Å². The molecule has 2 aromatic carbocycles. The fourth-order valence-corrected chi connectivity index (χ4v) is 2.08. The molecule has 1 aromatic heterocycles. The molecule has 1 N–H and O–H groups in total. The summed E-state index contributed by atoms with van der Waals surface area (Å²) in [5.74, 6) is -0.0236. The molecule has 0 fully saturated rings. The van der Waals surface area contributed by atoms with Crippen molar-refractivity contribution in [3.63, 3.8) is 0 Å². The Bertz CT molecular complexity index is 795. The minimum Gasteiger partial charge on any atom is -0.302 e. The van der Waals surface area contributed by atoms with Gasteiger partial charge in [0.1, 0.15) is 0 Å². The lowest BCUT2D eigenvalue weighted by Crippen LogP contribution is -2.12. The Morgan fingerprint density at radius 2 is 1.73 bits per heavy atom. The number of hydrogen-bond acceptors (Lipinski definition) is 4. The van der Waals surface area contributed by atoms with Gasteiger partial charge in [0.05, 0.1) is 0 Å². The Balaban J connectivity index is 1.84. The van der Waals surface area contributed by atoms with Gasteiger partial charge in [0.25, 0.3) is 5.91 Å². The molecule has 0 aliphatic rings. The van der Waals surface area contributed by atoms with Gasteiger partial charge < -0.3 is 5.32 Å². The fourth-order valence-electron chi connectivity index (χ4n) is 1.95. The van der Waals surface area contributed by atoms with Crippen LogP contribution in [0.25, 0.3) is 11.3 Å². The molecule has 0 atom stereocenters. The van der Waals surface area contributed by atoms with E-state index in [1.807, 2.05) is 31.2 Å². The molecular formula is C16H12ClN3O2. The molecule has 22 heavy (non-hydrogen) atoms. The summed E-state index contributed by atoms with van der Waals surface area (Å²) >= 11 is 5.81. The van der Waals surface area contributed by atoms with E-state index < -0.39 is 0 Å². The van der Waals surface area contributed by atoms with Gasteiger partial charge >= 0.3 is 0 Å². The highest BCUT2D eigenvalue weighted by Gasteiger charge is 2.15. The second-order valence-corrected chi connectivity index (χ2v) is 5.22. The summed E-state index contributed by atoms with van der Waals surface area (Å²) in [6, 6.07) is 14.3. The third-order valence-electron chi connectivity index (χ3n) is 3.15. The lowest BCUT2D eigenvalue weighted by molar-refractivity contribution is 0.102. The van der Waals surface area contributed by atoms with Crippen LogP contribution in [-0.2, 0) is 0 Å². The van der Waals surface area contributed by atoms with Crippen LogP contribution >= 0.6 is 11.6 Å². The number of aryl methyl sites for hydroxylation is 1. The second-order valence-electron chi connectivity index (χ2n) is 4.79. The summed E-state index contributed by atoms with van der Waals surface area (Å²) in [5.41, 5.74) is 2.91. The molecule has 0 unspecified atom stereocenters. The van der Waals surface area contributed by atoms with E-state index in [1.54, 1.807) is 24.3 Å².